The van der Waals surface area contributed by atoms with E-state index in [0.29, 0.717) is 0 Å². The van der Waals surface area contributed by atoms with Gasteiger partial charge in [0.2, 0.25) is 0 Å². The first-order valence-corrected chi connectivity index (χ1v) is 11.0. The number of aromatic nitrogens is 3. The maximum Gasteiger partial charge on any atom is 0.145 e. The van der Waals surface area contributed by atoms with Crippen molar-refractivity contribution in [1.82, 2.24) is 14.4 Å². The van der Waals surface area contributed by atoms with E-state index in [1.165, 1.54) is 16.7 Å². The van der Waals surface area contributed by atoms with Crippen LogP contribution in [0.25, 0.3) is 49.6 Å². The molecule has 0 aliphatic carbocycles. The van der Waals surface area contributed by atoms with Crippen molar-refractivity contribution in [3.8, 4) is 11.3 Å². The number of aryl methyl sites for hydroxylation is 2. The molecule has 3 heterocycles. The quantitative estimate of drug-likeness (QED) is 0.236. The number of rotatable bonds is 3. The number of hydrogen-bond donors (Lipinski definition) is 0. The molecule has 3 nitrogen and oxygen atoms in total. The standard InChI is InChI=1S/C28H23N3/c1-3-18-11-9-12-19(4-2)26(18)24-17-31-25-16-20-10-5-8-15-23(20)29-27(25)21-13-6-7-14-22(21)28(31)30-24/h5-17H,3-4H2,1-2H3. The molecule has 0 N–H and O–H groups in total. The largest absolute Gasteiger partial charge is 0.297 e. The molecule has 6 aromatic rings. The number of fused-ring (bicyclic) bond motifs is 7. The second kappa shape index (κ2) is 6.92. The van der Waals surface area contributed by atoms with Gasteiger partial charge in [0.25, 0.3) is 0 Å². The van der Waals surface area contributed by atoms with E-state index in [1.807, 2.05) is 6.07 Å². The summed E-state index contributed by atoms with van der Waals surface area (Å²) in [5.74, 6) is 0. The zero-order valence-electron chi connectivity index (χ0n) is 17.8. The Hall–Kier alpha value is -3.72. The number of imidazole rings is 1. The number of nitrogens with zero attached hydrogens (tertiary/aromatic N) is 3. The van der Waals surface area contributed by atoms with Gasteiger partial charge >= 0.3 is 0 Å². The summed E-state index contributed by atoms with van der Waals surface area (Å²) in [5, 5.41) is 3.42. The maximum atomic E-state index is 5.19. The number of para-hydroxylation sites is 1. The molecular formula is C28H23N3. The molecule has 0 aliphatic rings. The van der Waals surface area contributed by atoms with Crippen LogP contribution in [0.4, 0.5) is 0 Å². The minimum absolute atomic E-state index is 0.989. The normalized spacial score (nSPS) is 11.8. The van der Waals surface area contributed by atoms with Gasteiger partial charge in [0.05, 0.1) is 22.2 Å². The Balaban J connectivity index is 1.79. The SMILES string of the molecule is CCc1cccc(CC)c1-c1cn2c3cc4ccccc4nc3c3ccccc3c2n1. The topological polar surface area (TPSA) is 30.2 Å². The van der Waals surface area contributed by atoms with Crippen LogP contribution in [-0.4, -0.2) is 14.4 Å². The van der Waals surface area contributed by atoms with E-state index in [2.05, 4.69) is 91.2 Å². The molecule has 0 atom stereocenters. The van der Waals surface area contributed by atoms with Crippen molar-refractivity contribution in [2.75, 3.05) is 0 Å². The molecule has 0 saturated heterocycles. The lowest BCUT2D eigenvalue weighted by Gasteiger charge is -2.10. The van der Waals surface area contributed by atoms with Crippen molar-refractivity contribution in [2.24, 2.45) is 0 Å². The summed E-state index contributed by atoms with van der Waals surface area (Å²) in [6.07, 6.45) is 4.18. The number of hydrogen-bond acceptors (Lipinski definition) is 2. The Kier molecular flexibility index (Phi) is 4.03. The van der Waals surface area contributed by atoms with E-state index in [1.54, 1.807) is 0 Å². The van der Waals surface area contributed by atoms with Crippen molar-refractivity contribution >= 4 is 38.4 Å². The van der Waals surface area contributed by atoms with E-state index in [-0.39, 0.29) is 0 Å². The van der Waals surface area contributed by atoms with Crippen molar-refractivity contribution in [3.63, 3.8) is 0 Å². The fraction of sp³-hybridized carbons (Fsp3) is 0.143. The van der Waals surface area contributed by atoms with Crippen molar-refractivity contribution < 1.29 is 0 Å². The highest BCUT2D eigenvalue weighted by Gasteiger charge is 2.17. The van der Waals surface area contributed by atoms with Gasteiger partial charge in [-0.05, 0) is 36.1 Å². The Bertz CT molecular complexity index is 1590. The van der Waals surface area contributed by atoms with Crippen LogP contribution in [0.1, 0.15) is 25.0 Å². The summed E-state index contributed by atoms with van der Waals surface area (Å²) >= 11 is 0. The summed E-state index contributed by atoms with van der Waals surface area (Å²) in [5.41, 5.74) is 9.14. The Labute approximate surface area is 181 Å². The lowest BCUT2D eigenvalue weighted by Crippen LogP contribution is -1.94. The second-order valence-electron chi connectivity index (χ2n) is 8.07. The van der Waals surface area contributed by atoms with Crippen LogP contribution in [0.2, 0.25) is 0 Å². The van der Waals surface area contributed by atoms with E-state index in [0.717, 1.165) is 56.9 Å². The van der Waals surface area contributed by atoms with Gasteiger partial charge in [-0.15, -0.1) is 0 Å². The number of benzene rings is 3. The first-order chi connectivity index (χ1) is 15.3. The van der Waals surface area contributed by atoms with Crippen LogP contribution < -0.4 is 0 Å². The van der Waals surface area contributed by atoms with Gasteiger partial charge in [-0.1, -0.05) is 74.5 Å². The third kappa shape index (κ3) is 2.66. The zero-order chi connectivity index (χ0) is 20.9. The van der Waals surface area contributed by atoms with Crippen LogP contribution in [0.3, 0.4) is 0 Å². The smallest absolute Gasteiger partial charge is 0.145 e. The molecule has 6 rings (SSSR count). The molecule has 0 unspecified atom stereocenters. The van der Waals surface area contributed by atoms with Crippen molar-refractivity contribution in [3.05, 3.63) is 90.1 Å². The van der Waals surface area contributed by atoms with Crippen LogP contribution in [0.5, 0.6) is 0 Å². The van der Waals surface area contributed by atoms with Crippen molar-refractivity contribution in [1.29, 1.82) is 0 Å². The molecule has 0 bridgehead atoms. The summed E-state index contributed by atoms with van der Waals surface area (Å²) in [4.78, 5) is 10.3. The minimum atomic E-state index is 0.989. The predicted octanol–water partition coefficient (Wildman–Crippen LogP) is 6.98. The molecule has 0 radical (unpaired) electrons. The monoisotopic (exact) mass is 401 g/mol. The summed E-state index contributed by atoms with van der Waals surface area (Å²) in [6.45, 7) is 4.43. The van der Waals surface area contributed by atoms with Crippen LogP contribution in [0, 0.1) is 0 Å². The summed E-state index contributed by atoms with van der Waals surface area (Å²) < 4.78 is 2.23. The molecule has 0 amide bonds. The Morgan fingerprint density at radius 2 is 1.45 bits per heavy atom. The van der Waals surface area contributed by atoms with Gasteiger partial charge in [-0.2, -0.15) is 0 Å². The average Bonchev–Trinajstić information content (AvgIpc) is 3.28. The van der Waals surface area contributed by atoms with E-state index in [4.69, 9.17) is 9.97 Å². The first kappa shape index (κ1) is 18.1. The molecule has 0 fully saturated rings. The third-order valence-electron chi connectivity index (χ3n) is 6.35. The van der Waals surface area contributed by atoms with Gasteiger partial charge < -0.3 is 0 Å². The highest BCUT2D eigenvalue weighted by molar-refractivity contribution is 6.12. The first-order valence-electron chi connectivity index (χ1n) is 11.0. The molecular weight excluding hydrogens is 378 g/mol. The molecule has 31 heavy (non-hydrogen) atoms. The molecule has 3 aromatic carbocycles. The van der Waals surface area contributed by atoms with E-state index in [9.17, 15) is 0 Å². The molecule has 3 aromatic heterocycles. The highest BCUT2D eigenvalue weighted by Crippen LogP contribution is 2.34. The fourth-order valence-corrected chi connectivity index (χ4v) is 4.82. The predicted molar refractivity (Wildman–Crippen MR) is 130 cm³/mol. The second-order valence-corrected chi connectivity index (χ2v) is 8.07. The van der Waals surface area contributed by atoms with E-state index < -0.39 is 0 Å². The zero-order valence-corrected chi connectivity index (χ0v) is 17.8. The lowest BCUT2D eigenvalue weighted by atomic mass is 9.95. The van der Waals surface area contributed by atoms with Crippen LogP contribution in [-0.2, 0) is 12.8 Å². The molecule has 150 valence electrons. The van der Waals surface area contributed by atoms with Crippen LogP contribution in [0.15, 0.2) is 79.0 Å². The van der Waals surface area contributed by atoms with Gasteiger partial charge in [-0.3, -0.25) is 4.40 Å². The fourth-order valence-electron chi connectivity index (χ4n) is 4.82. The average molecular weight is 402 g/mol. The molecule has 3 heteroatoms. The van der Waals surface area contributed by atoms with E-state index >= 15 is 0 Å². The summed E-state index contributed by atoms with van der Waals surface area (Å²) in [6, 6.07) is 25.7. The van der Waals surface area contributed by atoms with Crippen LogP contribution >= 0.6 is 0 Å². The highest BCUT2D eigenvalue weighted by atomic mass is 15.0. The maximum absolute atomic E-state index is 5.19. The molecule has 0 aliphatic heterocycles. The van der Waals surface area contributed by atoms with Crippen molar-refractivity contribution in [2.45, 2.75) is 26.7 Å². The van der Waals surface area contributed by atoms with Gasteiger partial charge in [0.1, 0.15) is 5.65 Å². The van der Waals surface area contributed by atoms with Gasteiger partial charge in [-0.25, -0.2) is 9.97 Å². The minimum Gasteiger partial charge on any atom is -0.297 e. The molecule has 0 spiro atoms. The third-order valence-corrected chi connectivity index (χ3v) is 6.35. The number of pyridine rings is 2. The molecule has 0 saturated carbocycles. The van der Waals surface area contributed by atoms with Gasteiger partial charge in [0, 0.05) is 27.9 Å². The Morgan fingerprint density at radius 1 is 0.742 bits per heavy atom. The summed E-state index contributed by atoms with van der Waals surface area (Å²) in [7, 11) is 0. The Morgan fingerprint density at radius 3 is 2.23 bits per heavy atom. The van der Waals surface area contributed by atoms with Gasteiger partial charge in [0.15, 0.2) is 0 Å². The lowest BCUT2D eigenvalue weighted by molar-refractivity contribution is 1.09.